The highest BCUT2D eigenvalue weighted by Gasteiger charge is 2.45. The van der Waals surface area contributed by atoms with Crippen LogP contribution in [-0.2, 0) is 9.53 Å². The van der Waals surface area contributed by atoms with Crippen LogP contribution in [0, 0.1) is 29.1 Å². The number of nitrogens with one attached hydrogen (secondary N) is 8. The Morgan fingerprint density at radius 1 is 1.11 bits per heavy atom. The minimum absolute atomic E-state index is 0.0189. The summed E-state index contributed by atoms with van der Waals surface area (Å²) in [4.78, 5) is 12.5. The second kappa shape index (κ2) is 14.7. The van der Waals surface area contributed by atoms with Gasteiger partial charge in [-0.25, -0.2) is 10.9 Å². The summed E-state index contributed by atoms with van der Waals surface area (Å²) in [5.74, 6) is 1.58. The van der Waals surface area contributed by atoms with Crippen molar-refractivity contribution in [3.05, 3.63) is 0 Å². The summed E-state index contributed by atoms with van der Waals surface area (Å²) in [7, 11) is 0. The van der Waals surface area contributed by atoms with E-state index in [0.717, 1.165) is 38.1 Å². The Morgan fingerprint density at radius 2 is 1.84 bits per heavy atom. The Kier molecular flexibility index (Phi) is 11.6. The highest BCUT2D eigenvalue weighted by Crippen LogP contribution is 2.36. The third-order valence-corrected chi connectivity index (χ3v) is 10.1. The molecular weight excluding hydrogens is 550 g/mol. The van der Waals surface area contributed by atoms with Gasteiger partial charge < -0.3 is 15.4 Å². The van der Waals surface area contributed by atoms with Gasteiger partial charge in [0, 0.05) is 42.0 Å². The molecule has 0 aromatic heterocycles. The Bertz CT molecular complexity index is 787. The Balaban J connectivity index is 0.000000178. The standard InChI is InChI=1S/C15H24BrN3O.C11H24N6O/c1-9-2-4-10(5-3-9)19-15-14(16)12-6-11(7-17)20-13(12)8-18-15;1-3-7-5-8(9(4-2)13-7)11(18)12-6-10-14-16-17-15-10/h9-15,18-19H,2-6,8H2,1H3;7-10,13-17H,3-6H2,1-2H3,(H,12,18). The van der Waals surface area contributed by atoms with E-state index in [1.165, 1.54) is 25.7 Å². The van der Waals surface area contributed by atoms with Crippen molar-refractivity contribution in [2.45, 2.75) is 120 Å². The maximum absolute atomic E-state index is 12.2. The Hall–Kier alpha value is -0.880. The van der Waals surface area contributed by atoms with Crippen LogP contribution < -0.4 is 43.2 Å². The molecule has 5 fully saturated rings. The number of hydrogen-bond acceptors (Lipinski definition) is 10. The molecule has 0 aromatic carbocycles. The summed E-state index contributed by atoms with van der Waals surface area (Å²) in [5, 5.41) is 22.9. The van der Waals surface area contributed by atoms with E-state index in [9.17, 15) is 4.79 Å². The minimum Gasteiger partial charge on any atom is -0.358 e. The molecule has 8 atom stereocenters. The van der Waals surface area contributed by atoms with Gasteiger partial charge >= 0.3 is 0 Å². The van der Waals surface area contributed by atoms with E-state index in [0.29, 0.717) is 41.6 Å². The van der Waals surface area contributed by atoms with Crippen LogP contribution in [0.25, 0.3) is 0 Å². The first-order valence-corrected chi connectivity index (χ1v) is 15.6. The molecular formula is C26H48BrN9O2. The lowest BCUT2D eigenvalue weighted by atomic mass is 9.86. The van der Waals surface area contributed by atoms with E-state index in [1.54, 1.807) is 0 Å². The van der Waals surface area contributed by atoms with Crippen LogP contribution in [0.3, 0.4) is 0 Å². The number of halogens is 1. The van der Waals surface area contributed by atoms with Crippen molar-refractivity contribution in [2.24, 2.45) is 17.8 Å². The van der Waals surface area contributed by atoms with E-state index in [4.69, 9.17) is 10.00 Å². The molecule has 12 heteroatoms. The number of alkyl halides is 1. The summed E-state index contributed by atoms with van der Waals surface area (Å²) < 4.78 is 5.76. The minimum atomic E-state index is -0.221. The molecule has 4 heterocycles. The fourth-order valence-corrected chi connectivity index (χ4v) is 7.37. The van der Waals surface area contributed by atoms with Crippen molar-refractivity contribution in [1.82, 2.24) is 43.2 Å². The lowest BCUT2D eigenvalue weighted by Crippen LogP contribution is -2.61. The van der Waals surface area contributed by atoms with Crippen molar-refractivity contribution < 1.29 is 9.53 Å². The van der Waals surface area contributed by atoms with Crippen molar-refractivity contribution in [3.8, 4) is 6.07 Å². The molecule has 38 heavy (non-hydrogen) atoms. The highest BCUT2D eigenvalue weighted by atomic mass is 79.9. The number of amides is 1. The number of ether oxygens (including phenoxy) is 1. The zero-order chi connectivity index (χ0) is 27.1. The van der Waals surface area contributed by atoms with Crippen LogP contribution in [-0.4, -0.2) is 66.5 Å². The Morgan fingerprint density at radius 3 is 2.50 bits per heavy atom. The van der Waals surface area contributed by atoms with Crippen molar-refractivity contribution >= 4 is 21.8 Å². The third-order valence-electron chi connectivity index (χ3n) is 8.92. The largest absolute Gasteiger partial charge is 0.358 e. The number of carbonyl (C=O) groups is 1. The molecule has 11 nitrogen and oxygen atoms in total. The first kappa shape index (κ1) is 30.1. The summed E-state index contributed by atoms with van der Waals surface area (Å²) >= 11 is 3.84. The predicted octanol–water partition coefficient (Wildman–Crippen LogP) is 0.857. The van der Waals surface area contributed by atoms with E-state index < -0.39 is 0 Å². The van der Waals surface area contributed by atoms with Crippen LogP contribution in [0.1, 0.15) is 72.1 Å². The summed E-state index contributed by atoms with van der Waals surface area (Å²) in [6, 6.07) is 3.68. The molecule has 1 saturated carbocycles. The first-order chi connectivity index (χ1) is 18.4. The summed E-state index contributed by atoms with van der Waals surface area (Å²) in [6.45, 7) is 8.05. The molecule has 216 valence electrons. The SMILES string of the molecule is CC1CCC(NC2NCC3OC(C#N)CC3C2Br)CC1.CCC1CC(C(=O)NCC2NNNN2)C(CC)N1. The van der Waals surface area contributed by atoms with E-state index in [1.807, 2.05) is 0 Å². The average molecular weight is 599 g/mol. The van der Waals surface area contributed by atoms with Crippen molar-refractivity contribution in [1.29, 1.82) is 5.26 Å². The fourth-order valence-electron chi connectivity index (χ4n) is 6.47. The average Bonchev–Trinajstić information content (AvgIpc) is 3.70. The van der Waals surface area contributed by atoms with Gasteiger partial charge in [-0.2, -0.15) is 16.3 Å². The molecule has 1 aliphatic carbocycles. The molecule has 1 amide bonds. The maximum Gasteiger partial charge on any atom is 0.224 e. The van der Waals surface area contributed by atoms with Crippen LogP contribution in [0.2, 0.25) is 0 Å². The molecule has 5 rings (SSSR count). The summed E-state index contributed by atoms with van der Waals surface area (Å²) in [5.41, 5.74) is 11.3. The number of rotatable bonds is 7. The maximum atomic E-state index is 12.2. The molecule has 4 aliphatic heterocycles. The second-order valence-corrected chi connectivity index (χ2v) is 12.7. The Labute approximate surface area is 236 Å². The molecule has 8 unspecified atom stereocenters. The molecule has 0 aromatic rings. The first-order valence-electron chi connectivity index (χ1n) is 14.6. The van der Waals surface area contributed by atoms with Gasteiger partial charge in [-0.15, -0.1) is 0 Å². The fraction of sp³-hybridized carbons (Fsp3) is 0.923. The van der Waals surface area contributed by atoms with Gasteiger partial charge in [0.15, 0.2) is 0 Å². The van der Waals surface area contributed by atoms with Gasteiger partial charge in [0.05, 0.1) is 24.3 Å². The topological polar surface area (TPSA) is 146 Å². The van der Waals surface area contributed by atoms with Crippen LogP contribution in [0.5, 0.6) is 0 Å². The van der Waals surface area contributed by atoms with Crippen LogP contribution in [0.15, 0.2) is 0 Å². The molecule has 0 radical (unpaired) electrons. The molecule has 8 N–H and O–H groups in total. The quantitative estimate of drug-likeness (QED) is 0.199. The predicted molar refractivity (Wildman–Crippen MR) is 150 cm³/mol. The van der Waals surface area contributed by atoms with Gasteiger partial charge in [0.1, 0.15) is 12.3 Å². The summed E-state index contributed by atoms with van der Waals surface area (Å²) in [6.07, 6.45) is 9.41. The monoisotopic (exact) mass is 597 g/mol. The lowest BCUT2D eigenvalue weighted by molar-refractivity contribution is -0.125. The number of nitrogens with zero attached hydrogens (tertiary/aromatic N) is 1. The third kappa shape index (κ3) is 7.86. The highest BCUT2D eigenvalue weighted by molar-refractivity contribution is 9.09. The van der Waals surface area contributed by atoms with Gasteiger partial charge in [-0.1, -0.05) is 36.7 Å². The number of hydrogen-bond donors (Lipinski definition) is 8. The second-order valence-electron chi connectivity index (χ2n) is 11.6. The van der Waals surface area contributed by atoms with Crippen LogP contribution >= 0.6 is 15.9 Å². The van der Waals surface area contributed by atoms with Gasteiger partial charge in [0.2, 0.25) is 5.91 Å². The number of carbonyl (C=O) groups excluding carboxylic acids is 1. The van der Waals surface area contributed by atoms with Gasteiger partial charge in [0.25, 0.3) is 0 Å². The lowest BCUT2D eigenvalue weighted by Gasteiger charge is -2.40. The number of hydrazine groups is 3. The molecule has 0 spiro atoms. The smallest absolute Gasteiger partial charge is 0.224 e. The van der Waals surface area contributed by atoms with E-state index in [-0.39, 0.29) is 30.2 Å². The van der Waals surface area contributed by atoms with Crippen LogP contribution in [0.4, 0.5) is 0 Å². The number of fused-ring (bicyclic) bond motifs is 1. The van der Waals surface area contributed by atoms with Crippen molar-refractivity contribution in [3.63, 3.8) is 0 Å². The van der Waals surface area contributed by atoms with Gasteiger partial charge in [-0.3, -0.25) is 15.4 Å². The van der Waals surface area contributed by atoms with Gasteiger partial charge in [-0.05, 0) is 57.3 Å². The zero-order valence-corrected chi connectivity index (χ0v) is 24.6. The van der Waals surface area contributed by atoms with E-state index >= 15 is 0 Å². The van der Waals surface area contributed by atoms with E-state index in [2.05, 4.69) is 86.0 Å². The van der Waals surface area contributed by atoms with Crippen molar-refractivity contribution in [2.75, 3.05) is 13.1 Å². The molecule has 0 bridgehead atoms. The normalized spacial score (nSPS) is 41.1. The molecule has 5 aliphatic rings. The number of piperidine rings is 1. The molecule has 4 saturated heterocycles. The number of nitriles is 1. The zero-order valence-electron chi connectivity index (χ0n) is 23.1.